The van der Waals surface area contributed by atoms with Gasteiger partial charge in [-0.05, 0) is 42.5 Å². The van der Waals surface area contributed by atoms with Crippen molar-refractivity contribution in [3.05, 3.63) is 86.4 Å². The SMILES string of the molecule is N#Cc1cc(Cl)cc(Oc2c(Cl)ccc(Cc3nnc(-c4ccc(Cl)c(S(N)(=O)=O)c4)o3)c2F)c1. The van der Waals surface area contributed by atoms with Gasteiger partial charge in [-0.3, -0.25) is 0 Å². The lowest BCUT2D eigenvalue weighted by molar-refractivity contribution is 0.437. The summed E-state index contributed by atoms with van der Waals surface area (Å²) in [6, 6.07) is 13.0. The first-order chi connectivity index (χ1) is 16.5. The Kier molecular flexibility index (Phi) is 6.98. The predicted octanol–water partition coefficient (Wildman–Crippen LogP) is 5.74. The molecule has 0 aliphatic rings. The molecule has 0 radical (unpaired) electrons. The highest BCUT2D eigenvalue weighted by Gasteiger charge is 2.20. The second-order valence-electron chi connectivity index (χ2n) is 7.11. The molecule has 0 fully saturated rings. The molecule has 0 aliphatic heterocycles. The summed E-state index contributed by atoms with van der Waals surface area (Å²) in [5.41, 5.74) is 0.613. The molecule has 0 aliphatic carbocycles. The van der Waals surface area contributed by atoms with Crippen molar-refractivity contribution in [3.8, 4) is 29.0 Å². The zero-order valence-corrected chi connectivity index (χ0v) is 20.4. The molecule has 178 valence electrons. The molecule has 0 saturated carbocycles. The van der Waals surface area contributed by atoms with Crippen LogP contribution in [-0.2, 0) is 16.4 Å². The number of hydrogen-bond acceptors (Lipinski definition) is 7. The van der Waals surface area contributed by atoms with E-state index in [1.165, 1.54) is 48.5 Å². The van der Waals surface area contributed by atoms with Gasteiger partial charge in [-0.2, -0.15) is 5.26 Å². The smallest absolute Gasteiger partial charge is 0.247 e. The van der Waals surface area contributed by atoms with Gasteiger partial charge in [0.05, 0.1) is 28.1 Å². The molecule has 4 aromatic rings. The summed E-state index contributed by atoms with van der Waals surface area (Å²) >= 11 is 18.0. The third-order valence-electron chi connectivity index (χ3n) is 4.64. The number of nitriles is 1. The van der Waals surface area contributed by atoms with Crippen molar-refractivity contribution in [3.63, 3.8) is 0 Å². The number of sulfonamides is 1. The van der Waals surface area contributed by atoms with Crippen LogP contribution in [-0.4, -0.2) is 18.6 Å². The Balaban J connectivity index is 1.62. The molecule has 2 N–H and O–H groups in total. The van der Waals surface area contributed by atoms with E-state index < -0.39 is 15.8 Å². The van der Waals surface area contributed by atoms with Crippen LogP contribution in [0.3, 0.4) is 0 Å². The molecule has 0 unspecified atom stereocenters. The van der Waals surface area contributed by atoms with E-state index in [-0.39, 0.29) is 66.4 Å². The minimum atomic E-state index is -4.08. The molecule has 0 atom stereocenters. The van der Waals surface area contributed by atoms with Crippen LogP contribution in [0.4, 0.5) is 4.39 Å². The molecule has 8 nitrogen and oxygen atoms in total. The van der Waals surface area contributed by atoms with Crippen LogP contribution in [0.15, 0.2) is 57.8 Å². The van der Waals surface area contributed by atoms with E-state index in [2.05, 4.69) is 10.2 Å². The van der Waals surface area contributed by atoms with Gasteiger partial charge < -0.3 is 9.15 Å². The first kappa shape index (κ1) is 24.9. The molecule has 0 saturated heterocycles. The molecule has 4 rings (SSSR count). The van der Waals surface area contributed by atoms with Crippen molar-refractivity contribution >= 4 is 44.8 Å². The minimum Gasteiger partial charge on any atom is -0.453 e. The average molecular weight is 554 g/mol. The van der Waals surface area contributed by atoms with Crippen LogP contribution in [0.2, 0.25) is 15.1 Å². The van der Waals surface area contributed by atoms with Gasteiger partial charge >= 0.3 is 0 Å². The molecule has 0 bridgehead atoms. The van der Waals surface area contributed by atoms with E-state index in [9.17, 15) is 8.42 Å². The first-order valence-corrected chi connectivity index (χ1v) is 12.2. The van der Waals surface area contributed by atoms with Crippen molar-refractivity contribution < 1.29 is 22.0 Å². The summed E-state index contributed by atoms with van der Waals surface area (Å²) in [6.45, 7) is 0. The lowest BCUT2D eigenvalue weighted by Crippen LogP contribution is -2.12. The van der Waals surface area contributed by atoms with E-state index >= 15 is 4.39 Å². The van der Waals surface area contributed by atoms with Crippen molar-refractivity contribution in [1.29, 1.82) is 5.26 Å². The molecular weight excluding hydrogens is 542 g/mol. The summed E-state index contributed by atoms with van der Waals surface area (Å²) in [5.74, 6) is -0.908. The topological polar surface area (TPSA) is 132 Å². The molecule has 0 amide bonds. The molecule has 1 aromatic heterocycles. The number of aromatic nitrogens is 2. The Labute approximate surface area is 213 Å². The zero-order chi connectivity index (χ0) is 25.3. The van der Waals surface area contributed by atoms with Crippen LogP contribution in [0.5, 0.6) is 11.5 Å². The highest BCUT2D eigenvalue weighted by atomic mass is 35.5. The van der Waals surface area contributed by atoms with E-state index in [0.717, 1.165) is 0 Å². The van der Waals surface area contributed by atoms with Gasteiger partial charge in [0.25, 0.3) is 0 Å². The Morgan fingerprint density at radius 3 is 2.51 bits per heavy atom. The number of primary sulfonamides is 1. The number of nitrogens with two attached hydrogens (primary N) is 1. The zero-order valence-electron chi connectivity index (χ0n) is 17.3. The minimum absolute atomic E-state index is 0.00682. The highest BCUT2D eigenvalue weighted by molar-refractivity contribution is 7.89. The van der Waals surface area contributed by atoms with Crippen LogP contribution in [0, 0.1) is 17.1 Å². The third kappa shape index (κ3) is 5.56. The molecule has 3 aromatic carbocycles. The van der Waals surface area contributed by atoms with Crippen LogP contribution >= 0.6 is 34.8 Å². The van der Waals surface area contributed by atoms with Gasteiger partial charge in [0, 0.05) is 16.1 Å². The summed E-state index contributed by atoms with van der Waals surface area (Å²) in [4.78, 5) is -0.303. The van der Waals surface area contributed by atoms with Gasteiger partial charge in [0.2, 0.25) is 21.8 Å². The maximum Gasteiger partial charge on any atom is 0.247 e. The Bertz CT molecular complexity index is 1600. The van der Waals surface area contributed by atoms with Crippen LogP contribution in [0.25, 0.3) is 11.5 Å². The molecule has 13 heteroatoms. The summed E-state index contributed by atoms with van der Waals surface area (Å²) in [6.07, 6.45) is -0.124. The van der Waals surface area contributed by atoms with Gasteiger partial charge in [0.1, 0.15) is 10.6 Å². The number of ether oxygens (including phenoxy) is 1. The summed E-state index contributed by atoms with van der Waals surface area (Å²) < 4.78 is 49.8. The van der Waals surface area contributed by atoms with Crippen molar-refractivity contribution in [2.75, 3.05) is 0 Å². The summed E-state index contributed by atoms with van der Waals surface area (Å²) in [7, 11) is -4.08. The predicted molar refractivity (Wildman–Crippen MR) is 127 cm³/mol. The monoisotopic (exact) mass is 552 g/mol. The number of rotatable bonds is 6. The molecule has 1 heterocycles. The Morgan fingerprint density at radius 2 is 1.80 bits per heavy atom. The fourth-order valence-electron chi connectivity index (χ4n) is 3.07. The third-order valence-corrected chi connectivity index (χ3v) is 6.55. The number of halogens is 4. The normalized spacial score (nSPS) is 11.3. The van der Waals surface area contributed by atoms with E-state index in [0.29, 0.717) is 0 Å². The number of hydrogen-bond donors (Lipinski definition) is 1. The fourth-order valence-corrected chi connectivity index (χ4v) is 4.55. The molecule has 35 heavy (non-hydrogen) atoms. The quantitative estimate of drug-likeness (QED) is 0.322. The van der Waals surface area contributed by atoms with Crippen LogP contribution in [0.1, 0.15) is 17.0 Å². The van der Waals surface area contributed by atoms with Crippen molar-refractivity contribution in [2.24, 2.45) is 5.14 Å². The van der Waals surface area contributed by atoms with E-state index in [4.69, 9.17) is 54.4 Å². The fraction of sp³-hybridized carbons (Fsp3) is 0.0455. The van der Waals surface area contributed by atoms with Gasteiger partial charge in [-0.1, -0.05) is 40.9 Å². The van der Waals surface area contributed by atoms with Crippen molar-refractivity contribution in [2.45, 2.75) is 11.3 Å². The number of benzene rings is 3. The Morgan fingerprint density at radius 1 is 1.06 bits per heavy atom. The lowest BCUT2D eigenvalue weighted by Gasteiger charge is -2.11. The highest BCUT2D eigenvalue weighted by Crippen LogP contribution is 2.36. The largest absolute Gasteiger partial charge is 0.453 e. The van der Waals surface area contributed by atoms with Crippen molar-refractivity contribution in [1.82, 2.24) is 10.2 Å². The lowest BCUT2D eigenvalue weighted by atomic mass is 10.1. The van der Waals surface area contributed by atoms with E-state index in [1.54, 1.807) is 0 Å². The number of nitrogens with zero attached hydrogens (tertiary/aromatic N) is 3. The first-order valence-electron chi connectivity index (χ1n) is 9.55. The standard InChI is InChI=1S/C22H12Cl3FN4O4S/c23-14-5-11(10-27)6-15(9-14)33-21-17(25)4-1-12(20(21)26)8-19-29-30-22(34-19)13-2-3-16(24)18(7-13)35(28,31)32/h1-7,9H,8H2,(H2,28,31,32). The molecule has 0 spiro atoms. The van der Waals surface area contributed by atoms with Crippen LogP contribution < -0.4 is 9.88 Å². The van der Waals surface area contributed by atoms with Gasteiger partial charge in [-0.15, -0.1) is 10.2 Å². The maximum absolute atomic E-state index is 15.3. The van der Waals surface area contributed by atoms with Gasteiger partial charge in [0.15, 0.2) is 11.6 Å². The average Bonchev–Trinajstić information content (AvgIpc) is 3.26. The summed E-state index contributed by atoms with van der Waals surface area (Å²) in [5, 5.41) is 22.2. The second kappa shape index (κ2) is 9.81. The van der Waals surface area contributed by atoms with Gasteiger partial charge in [-0.25, -0.2) is 17.9 Å². The Hall–Kier alpha value is -3.20. The molecular formula is C22H12Cl3FN4O4S. The maximum atomic E-state index is 15.3. The van der Waals surface area contributed by atoms with E-state index in [1.807, 2.05) is 6.07 Å². The second-order valence-corrected chi connectivity index (χ2v) is 9.89.